The first kappa shape index (κ1) is 13.0. The van der Waals surface area contributed by atoms with Gasteiger partial charge in [-0.2, -0.15) is 0 Å². The third kappa shape index (κ3) is 2.27. The third-order valence-electron chi connectivity index (χ3n) is 5.30. The molecule has 19 heavy (non-hydrogen) atoms. The molecule has 0 spiro atoms. The number of aliphatic hydroxyl groups is 1. The van der Waals surface area contributed by atoms with Crippen LogP contribution in [-0.4, -0.2) is 16.7 Å². The van der Waals surface area contributed by atoms with E-state index in [0.717, 1.165) is 38.0 Å². The molecule has 2 nitrogen and oxygen atoms in total. The predicted molar refractivity (Wildman–Crippen MR) is 79.3 cm³/mol. The van der Waals surface area contributed by atoms with Crippen LogP contribution in [0.2, 0.25) is 0 Å². The molecule has 1 saturated carbocycles. The molecule has 4 unspecified atom stereocenters. The van der Waals surface area contributed by atoms with Crippen LogP contribution in [0.25, 0.3) is 0 Å². The summed E-state index contributed by atoms with van der Waals surface area (Å²) in [5.74, 6) is 1.14. The van der Waals surface area contributed by atoms with E-state index in [1.165, 1.54) is 11.3 Å². The number of benzene rings is 1. The Balaban J connectivity index is 1.80. The van der Waals surface area contributed by atoms with E-state index in [2.05, 4.69) is 43.4 Å². The summed E-state index contributed by atoms with van der Waals surface area (Å²) >= 11 is 0. The van der Waals surface area contributed by atoms with Gasteiger partial charge in [-0.25, -0.2) is 0 Å². The van der Waals surface area contributed by atoms with Crippen molar-refractivity contribution in [1.29, 1.82) is 0 Å². The molecule has 3 rings (SSSR count). The summed E-state index contributed by atoms with van der Waals surface area (Å²) in [4.78, 5) is 0. The van der Waals surface area contributed by atoms with Crippen molar-refractivity contribution in [2.24, 2.45) is 11.8 Å². The van der Waals surface area contributed by atoms with E-state index in [0.29, 0.717) is 5.92 Å². The maximum Gasteiger partial charge on any atom is 0.0873 e. The molecule has 2 aliphatic rings. The Hall–Kier alpha value is -1.02. The fourth-order valence-electron chi connectivity index (χ4n) is 3.98. The summed E-state index contributed by atoms with van der Waals surface area (Å²) in [7, 11) is 0. The minimum absolute atomic E-state index is 0.213. The number of aryl methyl sites for hydroxylation is 1. The van der Waals surface area contributed by atoms with Crippen molar-refractivity contribution in [2.75, 3.05) is 5.32 Å². The molecule has 0 aromatic heterocycles. The number of hydrogen-bond donors (Lipinski definition) is 2. The molecule has 1 aliphatic heterocycles. The van der Waals surface area contributed by atoms with Crippen molar-refractivity contribution >= 4 is 5.69 Å². The Labute approximate surface area is 116 Å². The fourth-order valence-corrected chi connectivity index (χ4v) is 3.98. The quantitative estimate of drug-likeness (QED) is 0.807. The average molecular weight is 259 g/mol. The minimum Gasteiger partial charge on any atom is -0.387 e. The smallest absolute Gasteiger partial charge is 0.0873 e. The summed E-state index contributed by atoms with van der Waals surface area (Å²) in [6.07, 6.45) is 5.37. The number of nitrogens with one attached hydrogen (secondary N) is 1. The lowest BCUT2D eigenvalue weighted by atomic mass is 9.67. The van der Waals surface area contributed by atoms with Crippen molar-refractivity contribution in [3.8, 4) is 0 Å². The van der Waals surface area contributed by atoms with Crippen molar-refractivity contribution in [2.45, 2.75) is 57.6 Å². The first-order valence-electron chi connectivity index (χ1n) is 7.66. The third-order valence-corrected chi connectivity index (χ3v) is 5.30. The monoisotopic (exact) mass is 259 g/mol. The lowest BCUT2D eigenvalue weighted by Gasteiger charge is -2.47. The predicted octanol–water partition coefficient (Wildman–Crippen LogP) is 3.60. The van der Waals surface area contributed by atoms with E-state index in [9.17, 15) is 5.11 Å². The second-order valence-electron chi connectivity index (χ2n) is 6.66. The number of anilines is 1. The van der Waals surface area contributed by atoms with Gasteiger partial charge in [-0.3, -0.25) is 0 Å². The average Bonchev–Trinajstić information content (AvgIpc) is 2.43. The van der Waals surface area contributed by atoms with Gasteiger partial charge in [0.25, 0.3) is 0 Å². The summed E-state index contributed by atoms with van der Waals surface area (Å²) in [6, 6.07) is 8.71. The van der Waals surface area contributed by atoms with Crippen LogP contribution in [-0.2, 0) is 6.42 Å². The molecule has 0 bridgehead atoms. The molecule has 2 heteroatoms. The molecule has 0 amide bonds. The summed E-state index contributed by atoms with van der Waals surface area (Å²) < 4.78 is 0. The van der Waals surface area contributed by atoms with Gasteiger partial charge in [-0.1, -0.05) is 32.0 Å². The van der Waals surface area contributed by atoms with Gasteiger partial charge in [0.1, 0.15) is 0 Å². The normalized spacial score (nSPS) is 38.4. The summed E-state index contributed by atoms with van der Waals surface area (Å²) in [5.41, 5.74) is 2.08. The van der Waals surface area contributed by atoms with Gasteiger partial charge >= 0.3 is 0 Å². The molecular weight excluding hydrogens is 234 g/mol. The Bertz CT molecular complexity index is 458. The highest BCUT2D eigenvalue weighted by atomic mass is 16.3. The highest BCUT2D eigenvalue weighted by Gasteiger charge is 2.45. The van der Waals surface area contributed by atoms with Crippen LogP contribution in [0, 0.1) is 11.8 Å². The van der Waals surface area contributed by atoms with Crippen LogP contribution in [0.1, 0.15) is 45.1 Å². The lowest BCUT2D eigenvalue weighted by Crippen LogP contribution is -2.55. The number of hydrogen-bond acceptors (Lipinski definition) is 2. The van der Waals surface area contributed by atoms with E-state index in [1.807, 2.05) is 0 Å². The Kier molecular flexibility index (Phi) is 3.30. The van der Waals surface area contributed by atoms with E-state index in [4.69, 9.17) is 0 Å². The van der Waals surface area contributed by atoms with Gasteiger partial charge in [0.15, 0.2) is 0 Å². The molecule has 2 N–H and O–H groups in total. The second kappa shape index (κ2) is 4.82. The van der Waals surface area contributed by atoms with E-state index >= 15 is 0 Å². The first-order chi connectivity index (χ1) is 9.09. The Morgan fingerprint density at radius 3 is 2.79 bits per heavy atom. The van der Waals surface area contributed by atoms with E-state index < -0.39 is 5.60 Å². The topological polar surface area (TPSA) is 32.3 Å². The highest BCUT2D eigenvalue weighted by molar-refractivity contribution is 5.54. The van der Waals surface area contributed by atoms with Crippen LogP contribution < -0.4 is 5.32 Å². The van der Waals surface area contributed by atoms with Crippen LogP contribution in [0.3, 0.4) is 0 Å². The molecule has 1 aromatic rings. The highest BCUT2D eigenvalue weighted by Crippen LogP contribution is 2.42. The molecule has 104 valence electrons. The van der Waals surface area contributed by atoms with Gasteiger partial charge in [0, 0.05) is 5.69 Å². The standard InChI is InChI=1S/C17H25NO/c1-12-9-10-17(19,13(2)11-12)16-8-7-14-5-3-4-6-15(14)18-16/h3-6,12-13,16,18-19H,7-11H2,1-2H3. The molecule has 0 radical (unpaired) electrons. The van der Waals surface area contributed by atoms with Gasteiger partial charge in [0.05, 0.1) is 11.6 Å². The second-order valence-corrected chi connectivity index (χ2v) is 6.66. The number of rotatable bonds is 1. The zero-order valence-electron chi connectivity index (χ0n) is 12.0. The van der Waals surface area contributed by atoms with Crippen molar-refractivity contribution in [3.63, 3.8) is 0 Å². The summed E-state index contributed by atoms with van der Waals surface area (Å²) in [5, 5.41) is 14.7. The van der Waals surface area contributed by atoms with Crippen LogP contribution in [0.4, 0.5) is 5.69 Å². The molecule has 4 atom stereocenters. The van der Waals surface area contributed by atoms with Gasteiger partial charge in [-0.15, -0.1) is 0 Å². The van der Waals surface area contributed by atoms with Crippen LogP contribution >= 0.6 is 0 Å². The van der Waals surface area contributed by atoms with E-state index in [1.54, 1.807) is 0 Å². The zero-order valence-corrected chi connectivity index (χ0v) is 12.0. The minimum atomic E-state index is -0.528. The molecule has 1 aromatic carbocycles. The van der Waals surface area contributed by atoms with Crippen molar-refractivity contribution < 1.29 is 5.11 Å². The maximum absolute atomic E-state index is 11.1. The van der Waals surface area contributed by atoms with Gasteiger partial charge in [-0.05, 0) is 55.6 Å². The zero-order chi connectivity index (χ0) is 13.5. The van der Waals surface area contributed by atoms with Crippen molar-refractivity contribution in [1.82, 2.24) is 0 Å². The number of fused-ring (bicyclic) bond motifs is 1. The maximum atomic E-state index is 11.1. The first-order valence-corrected chi connectivity index (χ1v) is 7.66. The molecule has 1 fully saturated rings. The SMILES string of the molecule is CC1CCC(O)(C2CCc3ccccc3N2)C(C)C1. The molecule has 0 saturated heterocycles. The van der Waals surface area contributed by atoms with E-state index in [-0.39, 0.29) is 6.04 Å². The molecule has 1 aliphatic carbocycles. The van der Waals surface area contributed by atoms with Crippen molar-refractivity contribution in [3.05, 3.63) is 29.8 Å². The molecular formula is C17H25NO. The largest absolute Gasteiger partial charge is 0.387 e. The Morgan fingerprint density at radius 2 is 2.00 bits per heavy atom. The van der Waals surface area contributed by atoms with Gasteiger partial charge in [0.2, 0.25) is 0 Å². The molecule has 1 heterocycles. The van der Waals surface area contributed by atoms with Crippen LogP contribution in [0.15, 0.2) is 24.3 Å². The summed E-state index contributed by atoms with van der Waals surface area (Å²) in [6.45, 7) is 4.53. The Morgan fingerprint density at radius 1 is 1.21 bits per heavy atom. The fraction of sp³-hybridized carbons (Fsp3) is 0.647. The number of para-hydroxylation sites is 1. The van der Waals surface area contributed by atoms with Crippen LogP contribution in [0.5, 0.6) is 0 Å². The lowest BCUT2D eigenvalue weighted by molar-refractivity contribution is -0.0693. The van der Waals surface area contributed by atoms with Gasteiger partial charge < -0.3 is 10.4 Å².